The van der Waals surface area contributed by atoms with Crippen LogP contribution in [-0.4, -0.2) is 5.75 Å². The zero-order chi connectivity index (χ0) is 9.52. The number of thioether (sulfide) groups is 1. The first kappa shape index (κ1) is 10.4. The highest BCUT2D eigenvalue weighted by Crippen LogP contribution is 2.16. The van der Waals surface area contributed by atoms with E-state index in [9.17, 15) is 0 Å². The van der Waals surface area contributed by atoms with E-state index in [2.05, 4.69) is 50.3 Å². The summed E-state index contributed by atoms with van der Waals surface area (Å²) in [5, 5.41) is 0. The van der Waals surface area contributed by atoms with Crippen molar-refractivity contribution in [2.45, 2.75) is 18.7 Å². The Morgan fingerprint density at radius 3 is 2.54 bits per heavy atom. The Morgan fingerprint density at radius 1 is 1.23 bits per heavy atom. The molecule has 1 heteroatoms. The van der Waals surface area contributed by atoms with Gasteiger partial charge in [0.25, 0.3) is 0 Å². The first-order chi connectivity index (χ1) is 6.29. The van der Waals surface area contributed by atoms with Crippen LogP contribution in [0.4, 0.5) is 0 Å². The Morgan fingerprint density at radius 2 is 1.92 bits per heavy atom. The van der Waals surface area contributed by atoms with Gasteiger partial charge in [0.05, 0.1) is 0 Å². The molecular formula is C12H16S. The Hall–Kier alpha value is -0.690. The molecule has 1 rings (SSSR count). The SMILES string of the molecule is CC(C)/C=C/CSc1ccccc1. The summed E-state index contributed by atoms with van der Waals surface area (Å²) in [6, 6.07) is 10.5. The first-order valence-corrected chi connectivity index (χ1v) is 5.62. The second kappa shape index (κ2) is 5.87. The molecule has 0 amide bonds. The van der Waals surface area contributed by atoms with E-state index in [4.69, 9.17) is 0 Å². The van der Waals surface area contributed by atoms with Gasteiger partial charge in [-0.3, -0.25) is 0 Å². The van der Waals surface area contributed by atoms with Gasteiger partial charge in [0, 0.05) is 10.6 Å². The highest BCUT2D eigenvalue weighted by atomic mass is 32.2. The fraction of sp³-hybridized carbons (Fsp3) is 0.333. The van der Waals surface area contributed by atoms with Crippen LogP contribution in [0.1, 0.15) is 13.8 Å². The van der Waals surface area contributed by atoms with Gasteiger partial charge in [-0.15, -0.1) is 11.8 Å². The van der Waals surface area contributed by atoms with E-state index in [1.807, 2.05) is 17.8 Å². The summed E-state index contributed by atoms with van der Waals surface area (Å²) < 4.78 is 0. The van der Waals surface area contributed by atoms with Gasteiger partial charge < -0.3 is 0 Å². The third-order valence-electron chi connectivity index (χ3n) is 1.61. The molecule has 0 aliphatic carbocycles. The Bertz CT molecular complexity index is 249. The van der Waals surface area contributed by atoms with Gasteiger partial charge in [0.2, 0.25) is 0 Å². The van der Waals surface area contributed by atoms with Crippen molar-refractivity contribution in [3.8, 4) is 0 Å². The van der Waals surface area contributed by atoms with Crippen LogP contribution in [0.25, 0.3) is 0 Å². The molecule has 0 unspecified atom stereocenters. The second-order valence-electron chi connectivity index (χ2n) is 3.30. The van der Waals surface area contributed by atoms with Crippen LogP contribution in [0, 0.1) is 5.92 Å². The molecule has 0 radical (unpaired) electrons. The van der Waals surface area contributed by atoms with E-state index >= 15 is 0 Å². The summed E-state index contributed by atoms with van der Waals surface area (Å²) in [5.74, 6) is 1.73. The first-order valence-electron chi connectivity index (χ1n) is 4.63. The molecule has 1 aromatic rings. The zero-order valence-corrected chi connectivity index (χ0v) is 9.05. The van der Waals surface area contributed by atoms with Crippen molar-refractivity contribution in [2.75, 3.05) is 5.75 Å². The van der Waals surface area contributed by atoms with Gasteiger partial charge >= 0.3 is 0 Å². The molecule has 0 atom stereocenters. The minimum absolute atomic E-state index is 0.663. The van der Waals surface area contributed by atoms with E-state index in [0.29, 0.717) is 5.92 Å². The molecule has 0 N–H and O–H groups in total. The number of hydrogen-bond acceptors (Lipinski definition) is 1. The Labute approximate surface area is 85.1 Å². The monoisotopic (exact) mass is 192 g/mol. The lowest BCUT2D eigenvalue weighted by molar-refractivity contribution is 0.830. The number of rotatable bonds is 4. The molecule has 0 bridgehead atoms. The highest BCUT2D eigenvalue weighted by molar-refractivity contribution is 7.99. The average molecular weight is 192 g/mol. The lowest BCUT2D eigenvalue weighted by Gasteiger charge is -1.97. The molecular weight excluding hydrogens is 176 g/mol. The molecule has 0 aromatic heterocycles. The van der Waals surface area contributed by atoms with E-state index in [-0.39, 0.29) is 0 Å². The van der Waals surface area contributed by atoms with Crippen molar-refractivity contribution in [2.24, 2.45) is 5.92 Å². The largest absolute Gasteiger partial charge is 0.122 e. The van der Waals surface area contributed by atoms with Crippen molar-refractivity contribution < 1.29 is 0 Å². The predicted octanol–water partition coefficient (Wildman–Crippen LogP) is 3.99. The molecule has 1 aromatic carbocycles. The third-order valence-corrected chi connectivity index (χ3v) is 2.58. The Kier molecular flexibility index (Phi) is 4.69. The maximum Gasteiger partial charge on any atom is 0.0160 e. The van der Waals surface area contributed by atoms with Crippen LogP contribution in [0.2, 0.25) is 0 Å². The van der Waals surface area contributed by atoms with Crippen LogP contribution in [0.3, 0.4) is 0 Å². The lowest BCUT2D eigenvalue weighted by Crippen LogP contribution is -1.78. The van der Waals surface area contributed by atoms with Crippen molar-refractivity contribution in [1.82, 2.24) is 0 Å². The van der Waals surface area contributed by atoms with Crippen LogP contribution < -0.4 is 0 Å². The van der Waals surface area contributed by atoms with Gasteiger partial charge in [0.15, 0.2) is 0 Å². The highest BCUT2D eigenvalue weighted by Gasteiger charge is 1.88. The zero-order valence-electron chi connectivity index (χ0n) is 8.23. The normalized spacial score (nSPS) is 11.3. The second-order valence-corrected chi connectivity index (χ2v) is 4.39. The fourth-order valence-electron chi connectivity index (χ4n) is 0.989. The number of benzene rings is 1. The lowest BCUT2D eigenvalue weighted by atomic mass is 10.2. The van der Waals surface area contributed by atoms with Crippen LogP contribution in [0.15, 0.2) is 47.4 Å². The van der Waals surface area contributed by atoms with Crippen molar-refractivity contribution in [3.05, 3.63) is 42.5 Å². The van der Waals surface area contributed by atoms with Crippen LogP contribution >= 0.6 is 11.8 Å². The topological polar surface area (TPSA) is 0 Å². The molecule has 0 aliphatic rings. The van der Waals surface area contributed by atoms with E-state index < -0.39 is 0 Å². The molecule has 0 saturated heterocycles. The number of hydrogen-bond donors (Lipinski definition) is 0. The van der Waals surface area contributed by atoms with Gasteiger partial charge in [-0.2, -0.15) is 0 Å². The molecule has 0 spiro atoms. The van der Waals surface area contributed by atoms with Gasteiger partial charge in [-0.25, -0.2) is 0 Å². The van der Waals surface area contributed by atoms with Crippen molar-refractivity contribution in [1.29, 1.82) is 0 Å². The Balaban J connectivity index is 2.28. The minimum Gasteiger partial charge on any atom is -0.122 e. The standard InChI is InChI=1S/C12H16S/c1-11(2)7-6-10-13-12-8-4-3-5-9-12/h3-9,11H,10H2,1-2H3/b7-6+. The van der Waals surface area contributed by atoms with Crippen molar-refractivity contribution >= 4 is 11.8 Å². The fourth-order valence-corrected chi connectivity index (χ4v) is 1.74. The smallest absolute Gasteiger partial charge is 0.0160 e. The maximum atomic E-state index is 2.25. The van der Waals surface area contributed by atoms with Crippen LogP contribution in [-0.2, 0) is 0 Å². The molecule has 0 fully saturated rings. The summed E-state index contributed by atoms with van der Waals surface area (Å²) in [6.45, 7) is 4.40. The van der Waals surface area contributed by atoms with Gasteiger partial charge in [-0.1, -0.05) is 44.2 Å². The third kappa shape index (κ3) is 4.79. The maximum absolute atomic E-state index is 2.25. The predicted molar refractivity (Wildman–Crippen MR) is 61.1 cm³/mol. The van der Waals surface area contributed by atoms with Crippen molar-refractivity contribution in [3.63, 3.8) is 0 Å². The summed E-state index contributed by atoms with van der Waals surface area (Å²) >= 11 is 1.88. The summed E-state index contributed by atoms with van der Waals surface area (Å²) in [6.07, 6.45) is 4.48. The van der Waals surface area contributed by atoms with Gasteiger partial charge in [0.1, 0.15) is 0 Å². The molecule has 13 heavy (non-hydrogen) atoms. The molecule has 0 aliphatic heterocycles. The molecule has 70 valence electrons. The summed E-state index contributed by atoms with van der Waals surface area (Å²) in [5.41, 5.74) is 0. The van der Waals surface area contributed by atoms with Crippen LogP contribution in [0.5, 0.6) is 0 Å². The summed E-state index contributed by atoms with van der Waals surface area (Å²) in [4.78, 5) is 1.34. The van der Waals surface area contributed by atoms with Gasteiger partial charge in [-0.05, 0) is 18.1 Å². The minimum atomic E-state index is 0.663. The quantitative estimate of drug-likeness (QED) is 0.513. The van der Waals surface area contributed by atoms with E-state index in [1.165, 1.54) is 4.90 Å². The number of allylic oxidation sites excluding steroid dienone is 1. The van der Waals surface area contributed by atoms with E-state index in [1.54, 1.807) is 0 Å². The molecule has 0 nitrogen and oxygen atoms in total. The summed E-state index contributed by atoms with van der Waals surface area (Å²) in [7, 11) is 0. The average Bonchev–Trinajstić information content (AvgIpc) is 2.14. The molecule has 0 saturated carbocycles. The molecule has 0 heterocycles. The van der Waals surface area contributed by atoms with E-state index in [0.717, 1.165) is 5.75 Å².